The fourth-order valence-corrected chi connectivity index (χ4v) is 9.55. The van der Waals surface area contributed by atoms with Gasteiger partial charge in [-0.15, -0.1) is 48.0 Å². The Morgan fingerprint density at radius 1 is 0.563 bits per heavy atom. The van der Waals surface area contributed by atoms with Gasteiger partial charge in [-0.25, -0.2) is 4.98 Å². The summed E-state index contributed by atoms with van der Waals surface area (Å²) in [6.45, 7) is 6.09. The zero-order chi connectivity index (χ0) is 52.5. The number of anilines is 4. The van der Waals surface area contributed by atoms with Gasteiger partial charge < -0.3 is 19.1 Å². The molecule has 1 aliphatic heterocycles. The molecule has 12 rings (SSSR count). The van der Waals surface area contributed by atoms with Crippen molar-refractivity contribution >= 4 is 44.6 Å². The molecular formula is C65H49N4OPt-3. The molecule has 0 atom stereocenters. The summed E-state index contributed by atoms with van der Waals surface area (Å²) in [5, 5.41) is 1.70. The Balaban J connectivity index is 0.00000631. The third kappa shape index (κ3) is 8.51. The number of para-hydroxylation sites is 3. The molecule has 0 radical (unpaired) electrons. The maximum absolute atomic E-state index is 9.38. The predicted octanol–water partition coefficient (Wildman–Crippen LogP) is 17.3. The van der Waals surface area contributed by atoms with Gasteiger partial charge in [0.15, 0.2) is 0 Å². The van der Waals surface area contributed by atoms with Crippen molar-refractivity contribution in [2.24, 2.45) is 0 Å². The van der Waals surface area contributed by atoms with Gasteiger partial charge in [0.1, 0.15) is 5.82 Å². The number of pyridine rings is 1. The second kappa shape index (κ2) is 18.7. The summed E-state index contributed by atoms with van der Waals surface area (Å²) >= 11 is 0. The Bertz CT molecular complexity index is 4010. The molecule has 2 aromatic heterocycles. The van der Waals surface area contributed by atoms with Gasteiger partial charge in [0.05, 0.1) is 0 Å². The average Bonchev–Trinajstić information content (AvgIpc) is 4.16. The summed E-state index contributed by atoms with van der Waals surface area (Å²) in [6.07, 6.45) is 1.61. The summed E-state index contributed by atoms with van der Waals surface area (Å²) in [7, 11) is 0. The van der Waals surface area contributed by atoms with E-state index >= 15 is 0 Å². The molecule has 6 heteroatoms. The first-order chi connectivity index (χ1) is 36.7. The van der Waals surface area contributed by atoms with E-state index in [1.54, 1.807) is 18.3 Å². The maximum Gasteiger partial charge on any atom is 0.135 e. The van der Waals surface area contributed by atoms with E-state index in [9.17, 15) is 4.11 Å². The molecule has 0 aliphatic carbocycles. The van der Waals surface area contributed by atoms with E-state index in [2.05, 4.69) is 111 Å². The fourth-order valence-electron chi connectivity index (χ4n) is 9.55. The first-order valence-corrected chi connectivity index (χ1v) is 23.4. The zero-order valence-electron chi connectivity index (χ0n) is 45.1. The van der Waals surface area contributed by atoms with Gasteiger partial charge in [0, 0.05) is 83.5 Å². The number of ether oxygens (including phenoxy) is 1. The molecule has 0 amide bonds. The molecule has 0 fully saturated rings. The van der Waals surface area contributed by atoms with Gasteiger partial charge in [-0.3, -0.25) is 0 Å². The number of benzene rings is 9. The van der Waals surface area contributed by atoms with Crippen LogP contribution in [0.5, 0.6) is 11.5 Å². The van der Waals surface area contributed by atoms with Crippen LogP contribution in [0.2, 0.25) is 0 Å². The van der Waals surface area contributed by atoms with E-state index in [4.69, 9.17) is 13.8 Å². The van der Waals surface area contributed by atoms with Crippen LogP contribution in [0.3, 0.4) is 0 Å². The van der Waals surface area contributed by atoms with E-state index in [1.807, 2.05) is 125 Å². The van der Waals surface area contributed by atoms with Crippen molar-refractivity contribution in [1.29, 1.82) is 0 Å². The Morgan fingerprint density at radius 3 is 1.86 bits per heavy atom. The fraction of sp³-hybridized carbons (Fsp3) is 0.0769. The number of rotatable bonds is 9. The summed E-state index contributed by atoms with van der Waals surface area (Å²) in [6, 6.07) is 70.1. The Kier molecular flexibility index (Phi) is 10.2. The Labute approximate surface area is 439 Å². The van der Waals surface area contributed by atoms with Crippen molar-refractivity contribution < 1.29 is 34.0 Å². The molecule has 9 aromatic carbocycles. The van der Waals surface area contributed by atoms with Crippen LogP contribution in [-0.2, 0) is 26.5 Å². The average molecular weight is 1100 g/mol. The standard InChI is InChI=1S/C65H49N4O.Pt/c1-44-38-63(66-42-58(44)47-22-12-7-13-23-47)69-59-37-32-49(45-18-8-5-9-19-45)39-57(59)56-36-35-53(41-62(56)69)70-52-25-16-24-51(40-52)67-43-68(61-29-15-14-28-60(61)67)64-54(46-20-10-6-11-21-46)26-17-27-55(64)48-30-33-50(34-31-48)65(2,3)4;/h5-39,42-43H,1-4H3;/q-3;/i1D3,16D,24D,25D;. The van der Waals surface area contributed by atoms with Crippen LogP contribution in [0.1, 0.15) is 40.1 Å². The zero-order valence-corrected chi connectivity index (χ0v) is 41.4. The number of hydrogen-bond donors (Lipinski definition) is 0. The molecule has 0 bridgehead atoms. The summed E-state index contributed by atoms with van der Waals surface area (Å²) in [5.41, 5.74) is 12.8. The molecular weight excluding hydrogens is 1050 g/mol. The topological polar surface area (TPSA) is 33.5 Å². The number of fused-ring (bicyclic) bond motifs is 4. The second-order valence-corrected chi connectivity index (χ2v) is 18.5. The molecule has 71 heavy (non-hydrogen) atoms. The third-order valence-corrected chi connectivity index (χ3v) is 13.1. The molecule has 3 heterocycles. The predicted molar refractivity (Wildman–Crippen MR) is 289 cm³/mol. The molecule has 5 nitrogen and oxygen atoms in total. The van der Waals surface area contributed by atoms with Gasteiger partial charge in [-0.2, -0.15) is 12.1 Å². The van der Waals surface area contributed by atoms with Crippen LogP contribution in [0.4, 0.5) is 22.7 Å². The van der Waals surface area contributed by atoms with Gasteiger partial charge in [0.2, 0.25) is 0 Å². The third-order valence-electron chi connectivity index (χ3n) is 13.1. The molecule has 0 saturated carbocycles. The van der Waals surface area contributed by atoms with E-state index in [1.165, 1.54) is 5.56 Å². The smallest absolute Gasteiger partial charge is 0.135 e. The van der Waals surface area contributed by atoms with Crippen LogP contribution in [0.25, 0.3) is 72.1 Å². The number of nitrogens with zero attached hydrogens (tertiary/aromatic N) is 4. The maximum atomic E-state index is 9.38. The summed E-state index contributed by atoms with van der Waals surface area (Å²) in [5.74, 6) is 0.528. The first kappa shape index (κ1) is 38.8. The van der Waals surface area contributed by atoms with E-state index in [0.717, 1.165) is 72.3 Å². The van der Waals surface area contributed by atoms with Crippen molar-refractivity contribution in [3.8, 4) is 61.8 Å². The van der Waals surface area contributed by atoms with E-state index in [0.29, 0.717) is 16.9 Å². The first-order valence-electron chi connectivity index (χ1n) is 26.4. The molecule has 0 saturated heterocycles. The largest absolute Gasteiger partial charge is 0.509 e. The van der Waals surface area contributed by atoms with Crippen molar-refractivity contribution in [3.63, 3.8) is 0 Å². The van der Waals surface area contributed by atoms with Gasteiger partial charge >= 0.3 is 0 Å². The number of aromatic nitrogens is 2. The molecule has 11 aromatic rings. The van der Waals surface area contributed by atoms with Gasteiger partial charge in [0.25, 0.3) is 0 Å². The van der Waals surface area contributed by atoms with Crippen molar-refractivity contribution in [1.82, 2.24) is 9.55 Å². The quantitative estimate of drug-likeness (QED) is 0.135. The Morgan fingerprint density at radius 2 is 1.18 bits per heavy atom. The van der Waals surface area contributed by atoms with E-state index < -0.39 is 6.85 Å². The van der Waals surface area contributed by atoms with Crippen LogP contribution < -0.4 is 14.5 Å². The van der Waals surface area contributed by atoms with Crippen molar-refractivity contribution in [2.45, 2.75) is 33.0 Å². The Hall–Kier alpha value is -7.98. The van der Waals surface area contributed by atoms with Gasteiger partial charge in [-0.1, -0.05) is 184 Å². The molecule has 0 N–H and O–H groups in total. The van der Waals surface area contributed by atoms with Crippen molar-refractivity contribution in [3.05, 3.63) is 248 Å². The minimum Gasteiger partial charge on any atom is -0.509 e. The minimum absolute atomic E-state index is 0. The van der Waals surface area contributed by atoms with E-state index in [-0.39, 0.29) is 67.4 Å². The summed E-state index contributed by atoms with van der Waals surface area (Å²) in [4.78, 5) is 8.90. The SMILES string of the molecule is [2H]c1c(Oc2[c-]c3c(cc2)c2cc(-c4ccccc4)ccc2n3-c2cc(C([2H])([2H])[2H])c(-c3ccccc3)cn2)[c-]c(N2[CH-]N(c3c(-c4ccccc4)cccc3-c3ccc(C(C)(C)C)cc3)c3ccccc32)c([2H])c1[2H].[Pt]. The number of hydrogen-bond acceptors (Lipinski definition) is 4. The van der Waals surface area contributed by atoms with Crippen LogP contribution >= 0.6 is 0 Å². The monoisotopic (exact) mass is 1100 g/mol. The summed E-state index contributed by atoms with van der Waals surface area (Å²) < 4.78 is 62.2. The number of aryl methyl sites for hydroxylation is 1. The molecule has 0 unspecified atom stereocenters. The second-order valence-electron chi connectivity index (χ2n) is 18.5. The normalized spacial score (nSPS) is 13.7. The van der Waals surface area contributed by atoms with Crippen LogP contribution in [0, 0.1) is 25.7 Å². The van der Waals surface area contributed by atoms with Crippen LogP contribution in [0.15, 0.2) is 218 Å². The minimum atomic E-state index is -2.47. The van der Waals surface area contributed by atoms with Crippen LogP contribution in [-0.4, -0.2) is 9.55 Å². The van der Waals surface area contributed by atoms with Gasteiger partial charge in [-0.05, 0) is 83.6 Å². The molecule has 1 aliphatic rings. The molecule has 348 valence electrons. The molecule has 0 spiro atoms. The van der Waals surface area contributed by atoms with Crippen molar-refractivity contribution in [2.75, 3.05) is 9.80 Å².